The minimum atomic E-state index is -4.38. The Hall–Kier alpha value is -1.51. The predicted octanol–water partition coefficient (Wildman–Crippen LogP) is 3.79. The molecule has 0 aliphatic heterocycles. The Morgan fingerprint density at radius 1 is 1.47 bits per heavy atom. The fourth-order valence-electron chi connectivity index (χ4n) is 2.71. The highest BCUT2D eigenvalue weighted by Gasteiger charge is 2.36. The molecule has 1 aliphatic carbocycles. The lowest BCUT2D eigenvalue weighted by atomic mass is 9.78. The largest absolute Gasteiger partial charge is 0.419 e. The van der Waals surface area contributed by atoms with Crippen molar-refractivity contribution in [1.82, 2.24) is 9.78 Å². The van der Waals surface area contributed by atoms with Crippen molar-refractivity contribution in [3.8, 4) is 6.07 Å². The van der Waals surface area contributed by atoms with E-state index in [0.29, 0.717) is 5.92 Å². The molecule has 1 fully saturated rings. The molecule has 2 rings (SSSR count). The molecule has 3 nitrogen and oxygen atoms in total. The molecule has 104 valence electrons. The van der Waals surface area contributed by atoms with E-state index in [4.69, 9.17) is 5.26 Å². The maximum Gasteiger partial charge on any atom is 0.419 e. The molecule has 1 aromatic heterocycles. The van der Waals surface area contributed by atoms with Gasteiger partial charge >= 0.3 is 6.18 Å². The van der Waals surface area contributed by atoms with Crippen molar-refractivity contribution < 1.29 is 13.2 Å². The quantitative estimate of drug-likeness (QED) is 0.821. The first-order valence-electron chi connectivity index (χ1n) is 6.46. The summed E-state index contributed by atoms with van der Waals surface area (Å²) in [5.74, 6) is 0.219. The van der Waals surface area contributed by atoms with Crippen LogP contribution >= 0.6 is 0 Å². The van der Waals surface area contributed by atoms with Gasteiger partial charge in [0, 0.05) is 6.20 Å². The Kier molecular flexibility index (Phi) is 3.83. The highest BCUT2D eigenvalue weighted by molar-refractivity contribution is 5.10. The summed E-state index contributed by atoms with van der Waals surface area (Å²) < 4.78 is 39.0. The van der Waals surface area contributed by atoms with E-state index < -0.39 is 11.7 Å². The second kappa shape index (κ2) is 5.24. The third kappa shape index (κ3) is 2.91. The number of halogens is 3. The highest BCUT2D eigenvalue weighted by Crippen LogP contribution is 2.39. The average Bonchev–Trinajstić information content (AvgIpc) is 2.87. The molecule has 0 radical (unpaired) electrons. The fraction of sp³-hybridized carbons (Fsp3) is 0.692. The molecule has 0 spiro atoms. The van der Waals surface area contributed by atoms with Gasteiger partial charge in [0.2, 0.25) is 0 Å². The average molecular weight is 271 g/mol. The molecule has 1 heterocycles. The van der Waals surface area contributed by atoms with Gasteiger partial charge in [0.1, 0.15) is 0 Å². The first kappa shape index (κ1) is 13.9. The minimum Gasteiger partial charge on any atom is -0.268 e. The maximum absolute atomic E-state index is 12.6. The zero-order valence-corrected chi connectivity index (χ0v) is 10.7. The van der Waals surface area contributed by atoms with Crippen LogP contribution in [0.2, 0.25) is 0 Å². The van der Waals surface area contributed by atoms with Crippen LogP contribution < -0.4 is 0 Å². The number of aromatic nitrogens is 2. The van der Waals surface area contributed by atoms with E-state index >= 15 is 0 Å². The molecular weight excluding hydrogens is 255 g/mol. The number of hydrogen-bond acceptors (Lipinski definition) is 2. The Morgan fingerprint density at radius 3 is 2.74 bits per heavy atom. The van der Waals surface area contributed by atoms with E-state index in [1.807, 2.05) is 0 Å². The van der Waals surface area contributed by atoms with Crippen LogP contribution in [0.25, 0.3) is 0 Å². The standard InChI is InChI=1S/C13H16F3N3/c1-2-9-3-4-10(6-17)12(5-9)19-8-11(7-18-19)13(14,15)16/h7-10,12H,2-5H2,1H3. The van der Waals surface area contributed by atoms with Crippen LogP contribution in [-0.4, -0.2) is 9.78 Å². The molecule has 1 aromatic rings. The Labute approximate surface area is 110 Å². The SMILES string of the molecule is CCC1CCC(C#N)C(n2cc(C(F)(F)F)cn2)C1. The van der Waals surface area contributed by atoms with Crippen LogP contribution in [0.3, 0.4) is 0 Å². The Morgan fingerprint density at radius 2 is 2.21 bits per heavy atom. The van der Waals surface area contributed by atoms with Crippen molar-refractivity contribution >= 4 is 0 Å². The third-order valence-electron chi connectivity index (χ3n) is 3.94. The van der Waals surface area contributed by atoms with E-state index in [-0.39, 0.29) is 12.0 Å². The summed E-state index contributed by atoms with van der Waals surface area (Å²) in [5, 5.41) is 13.0. The highest BCUT2D eigenvalue weighted by atomic mass is 19.4. The number of nitrogens with zero attached hydrogens (tertiary/aromatic N) is 3. The van der Waals surface area contributed by atoms with Crippen LogP contribution in [-0.2, 0) is 6.18 Å². The van der Waals surface area contributed by atoms with Gasteiger partial charge < -0.3 is 0 Å². The number of hydrogen-bond donors (Lipinski definition) is 0. The molecular formula is C13H16F3N3. The lowest BCUT2D eigenvalue weighted by Crippen LogP contribution is -2.27. The summed E-state index contributed by atoms with van der Waals surface area (Å²) in [5.41, 5.74) is -0.747. The molecule has 0 saturated heterocycles. The number of rotatable bonds is 2. The topological polar surface area (TPSA) is 41.6 Å². The van der Waals surface area contributed by atoms with E-state index in [2.05, 4.69) is 18.1 Å². The molecule has 1 aliphatic rings. The normalized spacial score (nSPS) is 28.1. The number of alkyl halides is 3. The van der Waals surface area contributed by atoms with Gasteiger partial charge in [-0.05, 0) is 25.2 Å². The van der Waals surface area contributed by atoms with Gasteiger partial charge in [-0.1, -0.05) is 13.3 Å². The van der Waals surface area contributed by atoms with Crippen molar-refractivity contribution in [1.29, 1.82) is 5.26 Å². The second-order valence-electron chi connectivity index (χ2n) is 5.10. The maximum atomic E-state index is 12.6. The third-order valence-corrected chi connectivity index (χ3v) is 3.94. The van der Waals surface area contributed by atoms with Gasteiger partial charge in [-0.25, -0.2) is 0 Å². The Balaban J connectivity index is 2.22. The van der Waals surface area contributed by atoms with Crippen molar-refractivity contribution in [2.24, 2.45) is 11.8 Å². The van der Waals surface area contributed by atoms with Crippen molar-refractivity contribution in [3.05, 3.63) is 18.0 Å². The molecule has 0 amide bonds. The van der Waals surface area contributed by atoms with Gasteiger partial charge in [0.05, 0.1) is 29.8 Å². The first-order chi connectivity index (χ1) is 8.95. The summed E-state index contributed by atoms with van der Waals surface area (Å²) in [7, 11) is 0. The lowest BCUT2D eigenvalue weighted by Gasteiger charge is -2.32. The van der Waals surface area contributed by atoms with Crippen molar-refractivity contribution in [3.63, 3.8) is 0 Å². The van der Waals surface area contributed by atoms with Gasteiger partial charge in [-0.3, -0.25) is 4.68 Å². The smallest absolute Gasteiger partial charge is 0.268 e. The van der Waals surface area contributed by atoms with Crippen LogP contribution in [0.15, 0.2) is 12.4 Å². The van der Waals surface area contributed by atoms with E-state index in [9.17, 15) is 13.2 Å². The summed E-state index contributed by atoms with van der Waals surface area (Å²) in [6.45, 7) is 2.07. The van der Waals surface area contributed by atoms with Gasteiger partial charge in [-0.15, -0.1) is 0 Å². The molecule has 1 saturated carbocycles. The monoisotopic (exact) mass is 271 g/mol. The number of nitriles is 1. The zero-order chi connectivity index (χ0) is 14.0. The molecule has 0 aromatic carbocycles. The van der Waals surface area contributed by atoms with E-state index in [0.717, 1.165) is 38.1 Å². The van der Waals surface area contributed by atoms with Crippen LogP contribution in [0.5, 0.6) is 0 Å². The molecule has 19 heavy (non-hydrogen) atoms. The van der Waals surface area contributed by atoms with E-state index in [1.165, 1.54) is 4.68 Å². The zero-order valence-electron chi connectivity index (χ0n) is 10.7. The second-order valence-corrected chi connectivity index (χ2v) is 5.10. The molecule has 0 N–H and O–H groups in total. The van der Waals surface area contributed by atoms with Crippen molar-refractivity contribution in [2.75, 3.05) is 0 Å². The van der Waals surface area contributed by atoms with Gasteiger partial charge in [0.25, 0.3) is 0 Å². The Bertz CT molecular complexity index is 472. The van der Waals surface area contributed by atoms with Gasteiger partial charge in [0.15, 0.2) is 0 Å². The molecule has 0 bridgehead atoms. The summed E-state index contributed by atoms with van der Waals surface area (Å²) in [6, 6.07) is 1.97. The predicted molar refractivity (Wildman–Crippen MR) is 63.0 cm³/mol. The van der Waals surface area contributed by atoms with E-state index in [1.54, 1.807) is 0 Å². The molecule has 3 atom stereocenters. The van der Waals surface area contributed by atoms with Crippen molar-refractivity contribution in [2.45, 2.75) is 44.8 Å². The first-order valence-corrected chi connectivity index (χ1v) is 6.46. The minimum absolute atomic E-state index is 0.236. The lowest BCUT2D eigenvalue weighted by molar-refractivity contribution is -0.137. The van der Waals surface area contributed by atoms with Crippen LogP contribution in [0.4, 0.5) is 13.2 Å². The summed E-state index contributed by atoms with van der Waals surface area (Å²) >= 11 is 0. The summed E-state index contributed by atoms with van der Waals surface area (Å²) in [4.78, 5) is 0. The molecule has 3 unspecified atom stereocenters. The van der Waals surface area contributed by atoms with Crippen LogP contribution in [0.1, 0.15) is 44.2 Å². The van der Waals surface area contributed by atoms with Gasteiger partial charge in [-0.2, -0.15) is 23.5 Å². The summed E-state index contributed by atoms with van der Waals surface area (Å²) in [6.07, 6.45) is 0.908. The fourth-order valence-corrected chi connectivity index (χ4v) is 2.71. The molecule has 6 heteroatoms. The van der Waals surface area contributed by atoms with Crippen LogP contribution in [0, 0.1) is 23.2 Å².